The molecule has 3 heterocycles. The smallest absolute Gasteiger partial charge is 0.284 e. The fraction of sp³-hybridized carbons (Fsp3) is 0.0952. The normalized spacial score (nSPS) is 16.5. The van der Waals surface area contributed by atoms with Crippen LogP contribution in [-0.2, 0) is 0 Å². The number of nitrogens with zero attached hydrogens (tertiary/aromatic N) is 3. The first-order chi connectivity index (χ1) is 13.7. The number of aromatic amines is 1. The predicted molar refractivity (Wildman–Crippen MR) is 115 cm³/mol. The van der Waals surface area contributed by atoms with Gasteiger partial charge < -0.3 is 4.98 Å². The minimum absolute atomic E-state index is 0.104. The van der Waals surface area contributed by atoms with Crippen LogP contribution in [0.25, 0.3) is 11.0 Å². The topological polar surface area (TPSA) is 61.4 Å². The first kappa shape index (κ1) is 17.3. The second-order valence-electron chi connectivity index (χ2n) is 6.54. The molecule has 0 unspecified atom stereocenters. The Labute approximate surface area is 173 Å². The Morgan fingerprint density at radius 2 is 1.93 bits per heavy atom. The zero-order valence-corrected chi connectivity index (χ0v) is 17.1. The van der Waals surface area contributed by atoms with E-state index in [1.807, 2.05) is 66.0 Å². The van der Waals surface area contributed by atoms with Gasteiger partial charge in [0.1, 0.15) is 11.9 Å². The molecule has 138 valence electrons. The van der Waals surface area contributed by atoms with E-state index in [1.54, 1.807) is 5.01 Å². The van der Waals surface area contributed by atoms with Crippen molar-refractivity contribution in [1.29, 1.82) is 0 Å². The molecule has 1 N–H and O–H groups in total. The summed E-state index contributed by atoms with van der Waals surface area (Å²) in [7, 11) is 0. The second kappa shape index (κ2) is 7.00. The van der Waals surface area contributed by atoms with Crippen LogP contribution in [0.2, 0.25) is 0 Å². The van der Waals surface area contributed by atoms with Crippen molar-refractivity contribution in [2.24, 2.45) is 5.10 Å². The lowest BCUT2D eigenvalue weighted by Gasteiger charge is -2.19. The van der Waals surface area contributed by atoms with Crippen molar-refractivity contribution < 1.29 is 4.79 Å². The molecular formula is C21H15BrN4OS. The predicted octanol–water partition coefficient (Wildman–Crippen LogP) is 5.38. The van der Waals surface area contributed by atoms with Crippen molar-refractivity contribution in [2.45, 2.75) is 12.5 Å². The van der Waals surface area contributed by atoms with Crippen molar-refractivity contribution in [3.05, 3.63) is 86.8 Å². The molecule has 0 fully saturated rings. The fourth-order valence-corrected chi connectivity index (χ4v) is 4.29. The summed E-state index contributed by atoms with van der Waals surface area (Å²) >= 11 is 4.89. The maximum atomic E-state index is 13.1. The van der Waals surface area contributed by atoms with Crippen LogP contribution < -0.4 is 0 Å². The number of hydrogen-bond donors (Lipinski definition) is 1. The maximum absolute atomic E-state index is 13.1. The van der Waals surface area contributed by atoms with Crippen molar-refractivity contribution in [3.63, 3.8) is 0 Å². The Hall–Kier alpha value is -2.77. The number of para-hydroxylation sites is 2. The van der Waals surface area contributed by atoms with E-state index >= 15 is 0 Å². The van der Waals surface area contributed by atoms with E-state index in [1.165, 1.54) is 11.3 Å². The monoisotopic (exact) mass is 450 g/mol. The molecule has 1 atom stereocenters. The summed E-state index contributed by atoms with van der Waals surface area (Å²) in [5.41, 5.74) is 3.73. The number of aromatic nitrogens is 2. The highest BCUT2D eigenvalue weighted by Gasteiger charge is 2.36. The quantitative estimate of drug-likeness (QED) is 0.455. The standard InChI is InChI=1S/C21H15BrN4OS/c22-14-9-7-13(8-10-14)17-12-18(20-23-15-4-1-2-5-16(15)24-20)26(25-17)21(27)19-6-3-11-28-19/h1-11,18H,12H2,(H,23,24)/t18-/m0/s1. The molecule has 0 bridgehead atoms. The van der Waals surface area contributed by atoms with Gasteiger partial charge in [0.25, 0.3) is 5.91 Å². The highest BCUT2D eigenvalue weighted by Crippen LogP contribution is 2.34. The molecule has 4 aromatic rings. The number of hydrogen-bond acceptors (Lipinski definition) is 4. The van der Waals surface area contributed by atoms with E-state index in [0.717, 1.165) is 32.6 Å². The minimum atomic E-state index is -0.263. The highest BCUT2D eigenvalue weighted by atomic mass is 79.9. The maximum Gasteiger partial charge on any atom is 0.284 e. The lowest BCUT2D eigenvalue weighted by atomic mass is 10.0. The number of benzene rings is 2. The summed E-state index contributed by atoms with van der Waals surface area (Å²) < 4.78 is 1.01. The number of halogens is 1. The number of fused-ring (bicyclic) bond motifs is 1. The van der Waals surface area contributed by atoms with Gasteiger partial charge in [-0.05, 0) is 41.3 Å². The minimum Gasteiger partial charge on any atom is -0.340 e. The first-order valence-corrected chi connectivity index (χ1v) is 10.5. The molecule has 5 rings (SSSR count). The molecule has 0 spiro atoms. The van der Waals surface area contributed by atoms with Crippen LogP contribution in [0.3, 0.4) is 0 Å². The van der Waals surface area contributed by atoms with E-state index < -0.39 is 0 Å². The number of nitrogens with one attached hydrogen (secondary N) is 1. The molecule has 1 aliphatic heterocycles. The fourth-order valence-electron chi connectivity index (χ4n) is 3.37. The van der Waals surface area contributed by atoms with E-state index in [2.05, 4.69) is 20.9 Å². The van der Waals surface area contributed by atoms with E-state index in [9.17, 15) is 4.79 Å². The average molecular weight is 451 g/mol. The third-order valence-corrected chi connectivity index (χ3v) is 6.14. The third-order valence-electron chi connectivity index (χ3n) is 4.75. The summed E-state index contributed by atoms with van der Waals surface area (Å²) in [6.07, 6.45) is 0.610. The number of thiophene rings is 1. The van der Waals surface area contributed by atoms with Crippen LogP contribution in [0.5, 0.6) is 0 Å². The highest BCUT2D eigenvalue weighted by molar-refractivity contribution is 9.10. The lowest BCUT2D eigenvalue weighted by molar-refractivity contribution is 0.0710. The Morgan fingerprint density at radius 1 is 1.11 bits per heavy atom. The second-order valence-corrected chi connectivity index (χ2v) is 8.40. The van der Waals surface area contributed by atoms with Gasteiger partial charge in [-0.1, -0.05) is 46.3 Å². The molecule has 0 radical (unpaired) electrons. The molecule has 0 aliphatic carbocycles. The number of amides is 1. The largest absolute Gasteiger partial charge is 0.340 e. The van der Waals surface area contributed by atoms with Crippen LogP contribution >= 0.6 is 27.3 Å². The molecular weight excluding hydrogens is 436 g/mol. The number of carbonyl (C=O) groups excluding carboxylic acids is 1. The number of H-pyrrole nitrogens is 1. The van der Waals surface area contributed by atoms with Gasteiger partial charge in [0.2, 0.25) is 0 Å². The van der Waals surface area contributed by atoms with Gasteiger partial charge in [0, 0.05) is 10.9 Å². The summed E-state index contributed by atoms with van der Waals surface area (Å²) in [4.78, 5) is 21.9. The molecule has 0 saturated heterocycles. The number of carbonyl (C=O) groups is 1. The van der Waals surface area contributed by atoms with Gasteiger partial charge >= 0.3 is 0 Å². The van der Waals surface area contributed by atoms with Gasteiger partial charge in [-0.15, -0.1) is 11.3 Å². The zero-order valence-electron chi connectivity index (χ0n) is 14.7. The molecule has 1 amide bonds. The molecule has 0 saturated carbocycles. The summed E-state index contributed by atoms with van der Waals surface area (Å²) in [5.74, 6) is 0.648. The SMILES string of the molecule is O=C(c1cccs1)N1N=C(c2ccc(Br)cc2)C[C@H]1c1nc2ccccc2[nH]1. The number of rotatable bonds is 3. The zero-order chi connectivity index (χ0) is 19.1. The first-order valence-electron chi connectivity index (χ1n) is 8.84. The Morgan fingerprint density at radius 3 is 2.68 bits per heavy atom. The summed E-state index contributed by atoms with van der Waals surface area (Å²) in [6, 6.07) is 19.3. The van der Waals surface area contributed by atoms with E-state index in [0.29, 0.717) is 11.3 Å². The van der Waals surface area contributed by atoms with E-state index in [-0.39, 0.29) is 11.9 Å². The van der Waals surface area contributed by atoms with Gasteiger partial charge in [-0.25, -0.2) is 9.99 Å². The van der Waals surface area contributed by atoms with Crippen LogP contribution in [0.15, 0.2) is 75.6 Å². The molecule has 5 nitrogen and oxygen atoms in total. The Kier molecular flexibility index (Phi) is 4.33. The van der Waals surface area contributed by atoms with Crippen LogP contribution in [-0.4, -0.2) is 26.6 Å². The molecule has 1 aliphatic rings. The van der Waals surface area contributed by atoms with Crippen molar-refractivity contribution >= 4 is 49.9 Å². The van der Waals surface area contributed by atoms with Gasteiger partial charge in [0.05, 0.1) is 21.6 Å². The molecule has 2 aromatic heterocycles. The van der Waals surface area contributed by atoms with E-state index in [4.69, 9.17) is 10.1 Å². The van der Waals surface area contributed by atoms with Gasteiger partial charge in [0.15, 0.2) is 0 Å². The van der Waals surface area contributed by atoms with Crippen LogP contribution in [0.1, 0.15) is 33.5 Å². The Balaban J connectivity index is 1.56. The Bertz CT molecular complexity index is 1150. The molecule has 7 heteroatoms. The molecule has 2 aromatic carbocycles. The van der Waals surface area contributed by atoms with Crippen molar-refractivity contribution in [3.8, 4) is 0 Å². The summed E-state index contributed by atoms with van der Waals surface area (Å²) in [6.45, 7) is 0. The van der Waals surface area contributed by atoms with Crippen LogP contribution in [0.4, 0.5) is 0 Å². The van der Waals surface area contributed by atoms with Gasteiger partial charge in [-0.2, -0.15) is 5.10 Å². The molecule has 28 heavy (non-hydrogen) atoms. The average Bonchev–Trinajstić information content (AvgIpc) is 3.46. The number of hydrazone groups is 1. The lowest BCUT2D eigenvalue weighted by Crippen LogP contribution is -2.27. The third kappa shape index (κ3) is 3.06. The van der Waals surface area contributed by atoms with Gasteiger partial charge in [-0.3, -0.25) is 4.79 Å². The summed E-state index contributed by atoms with van der Waals surface area (Å²) in [5, 5.41) is 8.18. The van der Waals surface area contributed by atoms with Crippen molar-refractivity contribution in [1.82, 2.24) is 15.0 Å². The van der Waals surface area contributed by atoms with Crippen LogP contribution in [0, 0.1) is 0 Å². The number of imidazole rings is 1. The van der Waals surface area contributed by atoms with Crippen molar-refractivity contribution in [2.75, 3.05) is 0 Å².